The van der Waals surface area contributed by atoms with Gasteiger partial charge in [0.1, 0.15) is 0 Å². The molecule has 0 aromatic rings. The lowest BCUT2D eigenvalue weighted by Gasteiger charge is -2.35. The molecule has 3 fully saturated rings. The van der Waals surface area contributed by atoms with Crippen LogP contribution >= 0.6 is 0 Å². The highest BCUT2D eigenvalue weighted by molar-refractivity contribution is 5.67. The first-order valence-electron chi connectivity index (χ1n) is 7.71. The highest BCUT2D eigenvalue weighted by Gasteiger charge is 2.43. The molecule has 0 spiro atoms. The van der Waals surface area contributed by atoms with E-state index in [9.17, 15) is 4.79 Å². The van der Waals surface area contributed by atoms with Crippen molar-refractivity contribution >= 4 is 5.97 Å². The molecule has 2 aliphatic carbocycles. The van der Waals surface area contributed by atoms with Crippen molar-refractivity contribution < 1.29 is 9.90 Å². The van der Waals surface area contributed by atoms with E-state index in [1.54, 1.807) is 0 Å². The van der Waals surface area contributed by atoms with Gasteiger partial charge in [-0.1, -0.05) is 19.3 Å². The molecular formula is C15H25NO2. The summed E-state index contributed by atoms with van der Waals surface area (Å²) in [6.45, 7) is 1.19. The minimum atomic E-state index is -0.602. The average Bonchev–Trinajstić information content (AvgIpc) is 2.72. The van der Waals surface area contributed by atoms with E-state index in [4.69, 9.17) is 5.11 Å². The summed E-state index contributed by atoms with van der Waals surface area (Å²) in [5.74, 6) is 0.517. The molecule has 18 heavy (non-hydrogen) atoms. The largest absolute Gasteiger partial charge is 0.481 e. The molecule has 1 saturated heterocycles. The fraction of sp³-hybridized carbons (Fsp3) is 0.933. The molecule has 3 unspecified atom stereocenters. The van der Waals surface area contributed by atoms with Gasteiger partial charge in [0.25, 0.3) is 0 Å². The topological polar surface area (TPSA) is 40.5 Å². The van der Waals surface area contributed by atoms with Crippen molar-refractivity contribution in [3.63, 3.8) is 0 Å². The van der Waals surface area contributed by atoms with Crippen LogP contribution in [0.15, 0.2) is 0 Å². The Morgan fingerprint density at radius 2 is 1.83 bits per heavy atom. The minimum absolute atomic E-state index is 0.399. The van der Waals surface area contributed by atoms with Crippen molar-refractivity contribution in [2.45, 2.75) is 69.9 Å². The summed E-state index contributed by atoms with van der Waals surface area (Å²) in [6.07, 6.45) is 11.0. The zero-order valence-electron chi connectivity index (χ0n) is 11.2. The number of hydrogen-bond donors (Lipinski definition) is 1. The summed E-state index contributed by atoms with van der Waals surface area (Å²) in [4.78, 5) is 13.7. The average molecular weight is 251 g/mol. The first kappa shape index (κ1) is 12.5. The van der Waals surface area contributed by atoms with E-state index >= 15 is 0 Å². The van der Waals surface area contributed by atoms with E-state index in [0.717, 1.165) is 18.5 Å². The van der Waals surface area contributed by atoms with Crippen LogP contribution in [-0.4, -0.2) is 34.6 Å². The van der Waals surface area contributed by atoms with Gasteiger partial charge in [0.2, 0.25) is 0 Å². The SMILES string of the molecule is O=C(O)CC1CCC2CC1CN2C1CCCCC1. The van der Waals surface area contributed by atoms with E-state index in [0.29, 0.717) is 18.3 Å². The summed E-state index contributed by atoms with van der Waals surface area (Å²) in [5, 5.41) is 8.99. The fourth-order valence-electron chi connectivity index (χ4n) is 4.60. The quantitative estimate of drug-likeness (QED) is 0.838. The summed E-state index contributed by atoms with van der Waals surface area (Å²) in [7, 11) is 0. The summed E-state index contributed by atoms with van der Waals surface area (Å²) >= 11 is 0. The number of carboxylic acids is 1. The van der Waals surface area contributed by atoms with Crippen molar-refractivity contribution in [2.24, 2.45) is 11.8 Å². The molecule has 2 saturated carbocycles. The van der Waals surface area contributed by atoms with E-state index < -0.39 is 5.97 Å². The number of aliphatic carboxylic acids is 1. The molecular weight excluding hydrogens is 226 g/mol. The molecule has 0 aromatic carbocycles. The molecule has 3 heteroatoms. The molecule has 2 bridgehead atoms. The predicted octanol–water partition coefficient (Wildman–Crippen LogP) is 2.89. The van der Waals surface area contributed by atoms with Crippen LogP contribution in [0, 0.1) is 11.8 Å². The fourth-order valence-corrected chi connectivity index (χ4v) is 4.60. The Hall–Kier alpha value is -0.570. The Kier molecular flexibility index (Phi) is 3.60. The summed E-state index contributed by atoms with van der Waals surface area (Å²) in [5.41, 5.74) is 0. The molecule has 3 aliphatic rings. The van der Waals surface area contributed by atoms with Gasteiger partial charge in [-0.3, -0.25) is 9.69 Å². The lowest BCUT2D eigenvalue weighted by Crippen LogP contribution is -2.39. The van der Waals surface area contributed by atoms with Crippen LogP contribution in [0.1, 0.15) is 57.8 Å². The number of nitrogens with zero attached hydrogens (tertiary/aromatic N) is 1. The van der Waals surface area contributed by atoms with Crippen LogP contribution < -0.4 is 0 Å². The molecule has 1 aliphatic heterocycles. The Morgan fingerprint density at radius 3 is 2.56 bits per heavy atom. The minimum Gasteiger partial charge on any atom is -0.481 e. The predicted molar refractivity (Wildman–Crippen MR) is 70.5 cm³/mol. The Bertz CT molecular complexity index is 312. The second-order valence-electron chi connectivity index (χ2n) is 6.57. The van der Waals surface area contributed by atoms with E-state index in [1.807, 2.05) is 0 Å². The van der Waals surface area contributed by atoms with E-state index in [-0.39, 0.29) is 0 Å². The van der Waals surface area contributed by atoms with Crippen molar-refractivity contribution in [3.05, 3.63) is 0 Å². The first-order valence-corrected chi connectivity index (χ1v) is 7.71. The van der Waals surface area contributed by atoms with Gasteiger partial charge in [0, 0.05) is 25.0 Å². The molecule has 0 radical (unpaired) electrons. The Labute approximate surface area is 110 Å². The standard InChI is InChI=1S/C15H25NO2/c17-15(18)9-11-6-7-14-8-12(11)10-16(14)13-4-2-1-3-5-13/h11-14H,1-10H2,(H,17,18). The van der Waals surface area contributed by atoms with Crippen molar-refractivity contribution in [1.82, 2.24) is 4.90 Å². The number of carboxylic acid groups (broad SMARTS) is 1. The number of rotatable bonds is 3. The second-order valence-corrected chi connectivity index (χ2v) is 6.57. The first-order chi connectivity index (χ1) is 8.74. The van der Waals surface area contributed by atoms with Gasteiger partial charge < -0.3 is 5.11 Å². The van der Waals surface area contributed by atoms with Gasteiger partial charge >= 0.3 is 5.97 Å². The third-order valence-electron chi connectivity index (χ3n) is 5.51. The summed E-state index contributed by atoms with van der Waals surface area (Å²) in [6, 6.07) is 1.60. The number of likely N-dealkylation sites (tertiary alicyclic amines) is 1. The third kappa shape index (κ3) is 2.42. The number of carbonyl (C=O) groups is 1. The number of fused-ring (bicyclic) bond motifs is 2. The van der Waals surface area contributed by atoms with E-state index in [2.05, 4.69) is 4.90 Å². The van der Waals surface area contributed by atoms with Gasteiger partial charge in [-0.15, -0.1) is 0 Å². The highest BCUT2D eigenvalue weighted by Crippen LogP contribution is 2.43. The third-order valence-corrected chi connectivity index (χ3v) is 5.51. The van der Waals surface area contributed by atoms with Gasteiger partial charge in [-0.2, -0.15) is 0 Å². The zero-order chi connectivity index (χ0) is 12.5. The van der Waals surface area contributed by atoms with Gasteiger partial charge in [0.15, 0.2) is 0 Å². The lowest BCUT2D eigenvalue weighted by atomic mass is 9.78. The van der Waals surface area contributed by atoms with Crippen molar-refractivity contribution in [2.75, 3.05) is 6.54 Å². The normalized spacial score (nSPS) is 37.9. The molecule has 1 heterocycles. The molecule has 0 amide bonds. The van der Waals surface area contributed by atoms with Crippen LogP contribution in [0.5, 0.6) is 0 Å². The molecule has 102 valence electrons. The van der Waals surface area contributed by atoms with Crippen molar-refractivity contribution in [3.8, 4) is 0 Å². The molecule has 0 aromatic heterocycles. The maximum absolute atomic E-state index is 10.9. The summed E-state index contributed by atoms with van der Waals surface area (Å²) < 4.78 is 0. The van der Waals surface area contributed by atoms with Crippen LogP contribution in [0.2, 0.25) is 0 Å². The maximum atomic E-state index is 10.9. The van der Waals surface area contributed by atoms with Gasteiger partial charge in [-0.05, 0) is 43.9 Å². The molecule has 3 atom stereocenters. The second kappa shape index (κ2) is 5.20. The van der Waals surface area contributed by atoms with Crippen LogP contribution in [0.4, 0.5) is 0 Å². The van der Waals surface area contributed by atoms with Crippen molar-refractivity contribution in [1.29, 1.82) is 0 Å². The van der Waals surface area contributed by atoms with E-state index in [1.165, 1.54) is 51.5 Å². The molecule has 1 N–H and O–H groups in total. The highest BCUT2D eigenvalue weighted by atomic mass is 16.4. The lowest BCUT2D eigenvalue weighted by molar-refractivity contribution is -0.138. The smallest absolute Gasteiger partial charge is 0.303 e. The monoisotopic (exact) mass is 251 g/mol. The van der Waals surface area contributed by atoms with Gasteiger partial charge in [0.05, 0.1) is 0 Å². The maximum Gasteiger partial charge on any atom is 0.303 e. The van der Waals surface area contributed by atoms with Crippen LogP contribution in [0.25, 0.3) is 0 Å². The molecule has 3 rings (SSSR count). The number of hydrogen-bond acceptors (Lipinski definition) is 2. The Morgan fingerprint density at radius 1 is 1.06 bits per heavy atom. The van der Waals surface area contributed by atoms with Crippen LogP contribution in [-0.2, 0) is 4.79 Å². The van der Waals surface area contributed by atoms with Gasteiger partial charge in [-0.25, -0.2) is 0 Å². The Balaban J connectivity index is 1.62. The molecule has 3 nitrogen and oxygen atoms in total. The van der Waals surface area contributed by atoms with Crippen LogP contribution in [0.3, 0.4) is 0 Å². The zero-order valence-corrected chi connectivity index (χ0v) is 11.2.